The van der Waals surface area contributed by atoms with Gasteiger partial charge in [0.2, 0.25) is 5.91 Å². The number of nitrogens with zero attached hydrogens (tertiary/aromatic N) is 2. The molecule has 132 valence electrons. The predicted octanol–water partition coefficient (Wildman–Crippen LogP) is 2.98. The Labute approximate surface area is 144 Å². The summed E-state index contributed by atoms with van der Waals surface area (Å²) in [5, 5.41) is 10.3. The third-order valence-electron chi connectivity index (χ3n) is 5.55. The lowest BCUT2D eigenvalue weighted by Crippen LogP contribution is -2.48. The van der Waals surface area contributed by atoms with Gasteiger partial charge in [0.1, 0.15) is 0 Å². The van der Waals surface area contributed by atoms with Crippen molar-refractivity contribution in [3.8, 4) is 0 Å². The number of hydrogen-bond acceptors (Lipinski definition) is 3. The zero-order chi connectivity index (χ0) is 16.8. The summed E-state index contributed by atoms with van der Waals surface area (Å²) in [6, 6.07) is 2.03. The Morgan fingerprint density at radius 1 is 1.42 bits per heavy atom. The van der Waals surface area contributed by atoms with Crippen LogP contribution in [0.4, 0.5) is 0 Å². The minimum atomic E-state index is -0.0342. The highest BCUT2D eigenvalue weighted by atomic mass is 16.2. The summed E-state index contributed by atoms with van der Waals surface area (Å²) in [6.45, 7) is 4.76. The van der Waals surface area contributed by atoms with Gasteiger partial charge in [0, 0.05) is 24.4 Å². The average Bonchev–Trinajstić information content (AvgIpc) is 3.17. The molecule has 24 heavy (non-hydrogen) atoms. The maximum Gasteiger partial charge on any atom is 0.237 e. The molecule has 0 bridgehead atoms. The van der Waals surface area contributed by atoms with Gasteiger partial charge in [0.15, 0.2) is 0 Å². The van der Waals surface area contributed by atoms with Gasteiger partial charge in [-0.1, -0.05) is 11.6 Å². The highest BCUT2D eigenvalue weighted by Crippen LogP contribution is 2.27. The number of rotatable bonds is 6. The summed E-state index contributed by atoms with van der Waals surface area (Å²) in [4.78, 5) is 14.7. The van der Waals surface area contributed by atoms with E-state index in [0.29, 0.717) is 5.92 Å². The molecule has 0 saturated carbocycles. The van der Waals surface area contributed by atoms with Gasteiger partial charge in [-0.3, -0.25) is 14.8 Å². The number of amides is 1. The van der Waals surface area contributed by atoms with E-state index < -0.39 is 0 Å². The summed E-state index contributed by atoms with van der Waals surface area (Å²) in [6.07, 6.45) is 12.4. The molecule has 5 nitrogen and oxygen atoms in total. The summed E-state index contributed by atoms with van der Waals surface area (Å²) < 4.78 is 0. The van der Waals surface area contributed by atoms with E-state index in [0.717, 1.165) is 38.9 Å². The van der Waals surface area contributed by atoms with E-state index in [4.69, 9.17) is 0 Å². The Balaban J connectivity index is 1.38. The number of likely N-dealkylation sites (tertiary alicyclic amines) is 1. The van der Waals surface area contributed by atoms with E-state index in [9.17, 15) is 4.79 Å². The monoisotopic (exact) mass is 330 g/mol. The number of H-pyrrole nitrogens is 1. The van der Waals surface area contributed by atoms with Gasteiger partial charge in [0.05, 0.1) is 6.04 Å². The molecule has 0 aromatic carbocycles. The van der Waals surface area contributed by atoms with Gasteiger partial charge in [0.25, 0.3) is 0 Å². The Morgan fingerprint density at radius 3 is 2.92 bits per heavy atom. The van der Waals surface area contributed by atoms with E-state index in [1.54, 1.807) is 0 Å². The predicted molar refractivity (Wildman–Crippen MR) is 95.8 cm³/mol. The number of aromatic nitrogens is 2. The van der Waals surface area contributed by atoms with Crippen LogP contribution in [0.5, 0.6) is 0 Å². The maximum atomic E-state index is 12.4. The third-order valence-corrected chi connectivity index (χ3v) is 5.55. The highest BCUT2D eigenvalue weighted by Gasteiger charge is 2.27. The molecule has 1 unspecified atom stereocenters. The summed E-state index contributed by atoms with van der Waals surface area (Å²) in [5.41, 5.74) is 2.75. The smallest absolute Gasteiger partial charge is 0.237 e. The quantitative estimate of drug-likeness (QED) is 0.788. The molecule has 1 aliphatic carbocycles. The van der Waals surface area contributed by atoms with Crippen molar-refractivity contribution in [3.05, 3.63) is 29.6 Å². The fourth-order valence-corrected chi connectivity index (χ4v) is 3.88. The van der Waals surface area contributed by atoms with E-state index in [1.165, 1.54) is 37.0 Å². The molecule has 2 heterocycles. The van der Waals surface area contributed by atoms with E-state index in [2.05, 4.69) is 32.6 Å². The molecule has 2 aliphatic rings. The lowest BCUT2D eigenvalue weighted by Gasteiger charge is -2.35. The molecule has 1 amide bonds. The van der Waals surface area contributed by atoms with Crippen molar-refractivity contribution < 1.29 is 4.79 Å². The summed E-state index contributed by atoms with van der Waals surface area (Å²) in [5.74, 6) is 0.726. The second-order valence-corrected chi connectivity index (χ2v) is 7.15. The number of piperidine rings is 1. The van der Waals surface area contributed by atoms with E-state index in [1.807, 2.05) is 13.1 Å². The molecule has 1 aliphatic heterocycles. The zero-order valence-electron chi connectivity index (χ0n) is 14.8. The Bertz CT molecular complexity index is 544. The average molecular weight is 330 g/mol. The molecular weight excluding hydrogens is 300 g/mol. The number of allylic oxidation sites excluding steroid dienone is 1. The fraction of sp³-hybridized carbons (Fsp3) is 0.684. The molecule has 1 aromatic rings. The van der Waals surface area contributed by atoms with Crippen molar-refractivity contribution in [2.24, 2.45) is 0 Å². The lowest BCUT2D eigenvalue weighted by atomic mass is 9.93. The molecule has 1 atom stereocenters. The van der Waals surface area contributed by atoms with Crippen molar-refractivity contribution in [2.45, 2.75) is 63.8 Å². The fourth-order valence-electron chi connectivity index (χ4n) is 3.88. The summed E-state index contributed by atoms with van der Waals surface area (Å²) >= 11 is 0. The largest absolute Gasteiger partial charge is 0.354 e. The van der Waals surface area contributed by atoms with E-state index >= 15 is 0 Å². The Kier molecular flexibility index (Phi) is 6.07. The van der Waals surface area contributed by atoms with Gasteiger partial charge < -0.3 is 5.32 Å². The van der Waals surface area contributed by atoms with Crippen molar-refractivity contribution in [3.63, 3.8) is 0 Å². The first-order valence-corrected chi connectivity index (χ1v) is 9.43. The minimum absolute atomic E-state index is 0.0342. The number of carbonyl (C=O) groups excluding carboxylic acids is 1. The molecule has 1 aromatic heterocycles. The third kappa shape index (κ3) is 4.47. The summed E-state index contributed by atoms with van der Waals surface area (Å²) in [7, 11) is 0. The molecule has 5 heteroatoms. The molecule has 1 fully saturated rings. The highest BCUT2D eigenvalue weighted by molar-refractivity contribution is 5.81. The lowest BCUT2D eigenvalue weighted by molar-refractivity contribution is -0.126. The standard InChI is InChI=1S/C19H30N4O/c1-15(19(24)20-11-7-16-5-3-2-4-6-16)23-13-9-17(10-14-23)18-8-12-21-22-18/h5,8,12,15,17H,2-4,6-7,9-11,13-14H2,1H3,(H,20,24)(H,21,22). The number of hydrogen-bond donors (Lipinski definition) is 2. The minimum Gasteiger partial charge on any atom is -0.354 e. The zero-order valence-corrected chi connectivity index (χ0v) is 14.8. The first kappa shape index (κ1) is 17.2. The first-order chi connectivity index (χ1) is 11.7. The van der Waals surface area contributed by atoms with Crippen LogP contribution in [0, 0.1) is 0 Å². The van der Waals surface area contributed by atoms with Crippen LogP contribution in [-0.4, -0.2) is 46.7 Å². The van der Waals surface area contributed by atoms with Gasteiger partial charge in [-0.2, -0.15) is 5.10 Å². The topological polar surface area (TPSA) is 61.0 Å². The molecular formula is C19H30N4O. The molecule has 3 rings (SSSR count). The second kappa shape index (κ2) is 8.47. The molecule has 1 saturated heterocycles. The van der Waals surface area contributed by atoms with Crippen molar-refractivity contribution >= 4 is 5.91 Å². The van der Waals surface area contributed by atoms with Crippen LogP contribution >= 0.6 is 0 Å². The van der Waals surface area contributed by atoms with Gasteiger partial charge in [-0.25, -0.2) is 0 Å². The SMILES string of the molecule is CC(C(=O)NCCC1=CCCCC1)N1CCC(c2ccn[nH]2)CC1. The van der Waals surface area contributed by atoms with E-state index in [-0.39, 0.29) is 11.9 Å². The number of carbonyl (C=O) groups is 1. The van der Waals surface area contributed by atoms with Gasteiger partial charge in [-0.05, 0) is 71.0 Å². The Hall–Kier alpha value is -1.62. The Morgan fingerprint density at radius 2 is 2.25 bits per heavy atom. The second-order valence-electron chi connectivity index (χ2n) is 7.15. The maximum absolute atomic E-state index is 12.4. The van der Waals surface area contributed by atoms with Crippen LogP contribution in [0.1, 0.15) is 63.5 Å². The van der Waals surface area contributed by atoms with Crippen LogP contribution in [0.3, 0.4) is 0 Å². The van der Waals surface area contributed by atoms with Gasteiger partial charge >= 0.3 is 0 Å². The van der Waals surface area contributed by atoms with Crippen LogP contribution in [0.15, 0.2) is 23.9 Å². The van der Waals surface area contributed by atoms with Crippen LogP contribution in [0.2, 0.25) is 0 Å². The number of nitrogens with one attached hydrogen (secondary N) is 2. The van der Waals surface area contributed by atoms with Gasteiger partial charge in [-0.15, -0.1) is 0 Å². The molecule has 0 spiro atoms. The van der Waals surface area contributed by atoms with Crippen LogP contribution in [-0.2, 0) is 4.79 Å². The van der Waals surface area contributed by atoms with Crippen LogP contribution < -0.4 is 5.32 Å². The normalized spacial score (nSPS) is 21.3. The first-order valence-electron chi connectivity index (χ1n) is 9.43. The van der Waals surface area contributed by atoms with Crippen molar-refractivity contribution in [1.82, 2.24) is 20.4 Å². The number of aromatic amines is 1. The van der Waals surface area contributed by atoms with Crippen molar-refractivity contribution in [2.75, 3.05) is 19.6 Å². The van der Waals surface area contributed by atoms with Crippen LogP contribution in [0.25, 0.3) is 0 Å². The van der Waals surface area contributed by atoms with Crippen molar-refractivity contribution in [1.29, 1.82) is 0 Å². The molecule has 0 radical (unpaired) electrons. The molecule has 2 N–H and O–H groups in total.